The minimum Gasteiger partial charge on any atom is -0.268 e. The summed E-state index contributed by atoms with van der Waals surface area (Å²) in [6.45, 7) is 12.9. The first-order chi connectivity index (χ1) is 11.5. The maximum absolute atomic E-state index is 13.3. The van der Waals surface area contributed by atoms with E-state index in [1.807, 2.05) is 48.7 Å². The van der Waals surface area contributed by atoms with E-state index in [2.05, 4.69) is 49.8 Å². The Morgan fingerprint density at radius 2 is 1.88 bits per heavy atom. The minimum absolute atomic E-state index is 0.00605. The number of halogens is 1. The van der Waals surface area contributed by atoms with E-state index < -0.39 is 8.24 Å². The fourth-order valence-electron chi connectivity index (χ4n) is 2.17. The molecule has 134 valence electrons. The van der Waals surface area contributed by atoms with Crippen molar-refractivity contribution in [3.8, 4) is 0 Å². The number of rotatable bonds is 4. The van der Waals surface area contributed by atoms with Crippen molar-refractivity contribution in [3.63, 3.8) is 0 Å². The van der Waals surface area contributed by atoms with E-state index in [-0.39, 0.29) is 10.9 Å². The summed E-state index contributed by atoms with van der Waals surface area (Å²) in [6, 6.07) is 11.6. The van der Waals surface area contributed by atoms with Gasteiger partial charge in [-0.1, -0.05) is 48.8 Å². The highest BCUT2D eigenvalue weighted by Crippen LogP contribution is 2.39. The molecule has 0 aliphatic heterocycles. The van der Waals surface area contributed by atoms with Gasteiger partial charge in [-0.2, -0.15) is 5.10 Å². The van der Waals surface area contributed by atoms with Crippen LogP contribution in [0.5, 0.6) is 0 Å². The Labute approximate surface area is 164 Å². The van der Waals surface area contributed by atoms with Gasteiger partial charge < -0.3 is 0 Å². The van der Waals surface area contributed by atoms with Gasteiger partial charge in [0.1, 0.15) is 0 Å². The second-order valence-electron chi connectivity index (χ2n) is 7.60. The molecule has 2 aromatic rings. The maximum Gasteiger partial charge on any atom is 0.265 e. The third kappa shape index (κ3) is 4.48. The van der Waals surface area contributed by atoms with Gasteiger partial charge in [0.05, 0.1) is 5.71 Å². The highest BCUT2D eigenvalue weighted by atomic mass is 79.9. The van der Waals surface area contributed by atoms with E-state index in [9.17, 15) is 4.79 Å². The minimum atomic E-state index is -2.19. The standard InChI is InChI=1S/C19H25BrN2OSSi/c1-14(17-11-8-12-24-17)21-22(25(5,6)19(2,3)4)18(23)15-9-7-10-16(20)13-15/h7-13H,1-6H3/b21-14+. The SMILES string of the molecule is C/C(=N\N(C(=O)c1cccc(Br)c1)[Si](C)(C)C(C)(C)C)c1cccs1. The Kier molecular flexibility index (Phi) is 6.07. The van der Waals surface area contributed by atoms with Crippen molar-refractivity contribution >= 4 is 47.1 Å². The maximum atomic E-state index is 13.3. The van der Waals surface area contributed by atoms with Gasteiger partial charge >= 0.3 is 0 Å². The molecule has 25 heavy (non-hydrogen) atoms. The number of benzene rings is 1. The van der Waals surface area contributed by atoms with Gasteiger partial charge in [0.15, 0.2) is 8.24 Å². The van der Waals surface area contributed by atoms with Gasteiger partial charge in [-0.15, -0.1) is 11.3 Å². The van der Waals surface area contributed by atoms with Crippen molar-refractivity contribution in [2.75, 3.05) is 0 Å². The number of nitrogens with zero attached hydrogens (tertiary/aromatic N) is 2. The van der Waals surface area contributed by atoms with Crippen molar-refractivity contribution in [3.05, 3.63) is 56.7 Å². The second-order valence-corrected chi connectivity index (χ2v) is 14.5. The summed E-state index contributed by atoms with van der Waals surface area (Å²) in [5.41, 5.74) is 1.53. The molecule has 2 rings (SSSR count). The van der Waals surface area contributed by atoms with E-state index in [0.717, 1.165) is 15.1 Å². The van der Waals surface area contributed by atoms with E-state index in [0.29, 0.717) is 5.56 Å². The van der Waals surface area contributed by atoms with Crippen molar-refractivity contribution in [1.29, 1.82) is 0 Å². The van der Waals surface area contributed by atoms with Gasteiger partial charge in [0.2, 0.25) is 0 Å². The number of hydrogen-bond donors (Lipinski definition) is 0. The number of carbonyl (C=O) groups excluding carboxylic acids is 1. The van der Waals surface area contributed by atoms with E-state index in [4.69, 9.17) is 5.10 Å². The van der Waals surface area contributed by atoms with Crippen LogP contribution in [-0.4, -0.2) is 24.5 Å². The third-order valence-electron chi connectivity index (χ3n) is 4.76. The van der Waals surface area contributed by atoms with Crippen molar-refractivity contribution < 1.29 is 4.79 Å². The molecule has 1 amide bonds. The zero-order valence-corrected chi connectivity index (χ0v) is 19.0. The normalized spacial score (nSPS) is 13.0. The molecule has 0 unspecified atom stereocenters. The summed E-state index contributed by atoms with van der Waals surface area (Å²) >= 11 is 5.10. The fourth-order valence-corrected chi connectivity index (χ4v) is 4.91. The quantitative estimate of drug-likeness (QED) is 0.310. The van der Waals surface area contributed by atoms with E-state index in [1.165, 1.54) is 0 Å². The number of thiophene rings is 1. The first-order valence-electron chi connectivity index (χ1n) is 8.23. The summed E-state index contributed by atoms with van der Waals surface area (Å²) < 4.78 is 2.68. The molecule has 0 saturated heterocycles. The van der Waals surface area contributed by atoms with Crippen LogP contribution in [0.1, 0.15) is 42.9 Å². The molecule has 0 aliphatic rings. The third-order valence-corrected chi connectivity index (χ3v) is 11.3. The van der Waals surface area contributed by atoms with Crippen LogP contribution in [0.15, 0.2) is 51.4 Å². The monoisotopic (exact) mass is 436 g/mol. The molecule has 1 aromatic carbocycles. The highest BCUT2D eigenvalue weighted by Gasteiger charge is 2.44. The number of carbonyl (C=O) groups is 1. The topological polar surface area (TPSA) is 32.7 Å². The predicted octanol–water partition coefficient (Wildman–Crippen LogP) is 6.38. The lowest BCUT2D eigenvalue weighted by Gasteiger charge is -2.43. The van der Waals surface area contributed by atoms with Crippen LogP contribution >= 0.6 is 27.3 Å². The number of amides is 1. The van der Waals surface area contributed by atoms with Crippen molar-refractivity contribution in [2.45, 2.75) is 45.8 Å². The molecule has 3 nitrogen and oxygen atoms in total. The van der Waals surface area contributed by atoms with Gasteiger partial charge in [0, 0.05) is 14.9 Å². The van der Waals surface area contributed by atoms with Crippen LogP contribution in [0.25, 0.3) is 0 Å². The summed E-state index contributed by atoms with van der Waals surface area (Å²) in [4.78, 5) is 14.4. The Bertz CT molecular complexity index is 779. The average molecular weight is 437 g/mol. The van der Waals surface area contributed by atoms with Gasteiger partial charge in [-0.25, -0.2) is 0 Å². The molecule has 1 aromatic heterocycles. The Balaban J connectivity index is 2.53. The molecule has 0 radical (unpaired) electrons. The average Bonchev–Trinajstić information content (AvgIpc) is 3.05. The first kappa shape index (κ1) is 20.1. The smallest absolute Gasteiger partial charge is 0.265 e. The lowest BCUT2D eigenvalue weighted by molar-refractivity contribution is 0.0848. The van der Waals surface area contributed by atoms with Gasteiger partial charge in [-0.3, -0.25) is 9.47 Å². The molecule has 0 fully saturated rings. The Hall–Kier alpha value is -1.24. The van der Waals surface area contributed by atoms with Crippen LogP contribution in [0.2, 0.25) is 18.1 Å². The van der Waals surface area contributed by atoms with Gasteiger partial charge in [-0.05, 0) is 54.7 Å². The highest BCUT2D eigenvalue weighted by molar-refractivity contribution is 9.10. The lowest BCUT2D eigenvalue weighted by atomic mass is 10.2. The van der Waals surface area contributed by atoms with Crippen molar-refractivity contribution in [1.82, 2.24) is 4.67 Å². The Morgan fingerprint density at radius 3 is 2.40 bits per heavy atom. The molecular weight excluding hydrogens is 412 g/mol. The molecule has 0 spiro atoms. The number of hydrogen-bond acceptors (Lipinski definition) is 3. The molecule has 0 saturated carbocycles. The summed E-state index contributed by atoms with van der Waals surface area (Å²) in [7, 11) is -2.19. The van der Waals surface area contributed by atoms with E-state index >= 15 is 0 Å². The summed E-state index contributed by atoms with van der Waals surface area (Å²) in [5, 5.41) is 6.84. The predicted molar refractivity (Wildman–Crippen MR) is 114 cm³/mol. The summed E-state index contributed by atoms with van der Waals surface area (Å²) in [5.74, 6) is -0.0382. The van der Waals surface area contributed by atoms with Crippen LogP contribution in [0.3, 0.4) is 0 Å². The largest absolute Gasteiger partial charge is 0.268 e. The number of hydrazone groups is 1. The second kappa shape index (κ2) is 7.56. The van der Waals surface area contributed by atoms with Gasteiger partial charge in [0.25, 0.3) is 5.91 Å². The van der Waals surface area contributed by atoms with Crippen LogP contribution in [0.4, 0.5) is 0 Å². The molecule has 0 aliphatic carbocycles. The Morgan fingerprint density at radius 1 is 1.20 bits per heavy atom. The molecule has 0 N–H and O–H groups in total. The molecular formula is C19H25BrN2OSSi. The fraction of sp³-hybridized carbons (Fsp3) is 0.368. The lowest BCUT2D eigenvalue weighted by Crippen LogP contribution is -2.55. The van der Waals surface area contributed by atoms with Crippen LogP contribution in [-0.2, 0) is 0 Å². The zero-order valence-electron chi connectivity index (χ0n) is 15.6. The molecule has 6 heteroatoms. The van der Waals surface area contributed by atoms with Crippen LogP contribution in [0, 0.1) is 0 Å². The zero-order chi connectivity index (χ0) is 18.8. The summed E-state index contributed by atoms with van der Waals surface area (Å²) in [6.07, 6.45) is 0. The van der Waals surface area contributed by atoms with E-state index in [1.54, 1.807) is 16.0 Å². The first-order valence-corrected chi connectivity index (χ1v) is 12.9. The van der Waals surface area contributed by atoms with Crippen molar-refractivity contribution in [2.24, 2.45) is 5.10 Å². The van der Waals surface area contributed by atoms with Crippen LogP contribution < -0.4 is 0 Å². The molecule has 1 heterocycles. The molecule has 0 bridgehead atoms. The molecule has 0 atom stereocenters.